The third-order valence-corrected chi connectivity index (χ3v) is 3.00. The maximum Gasteiger partial charge on any atom is 0.272 e. The Morgan fingerprint density at radius 3 is 2.75 bits per heavy atom. The van der Waals surface area contributed by atoms with E-state index in [2.05, 4.69) is 0 Å². The van der Waals surface area contributed by atoms with E-state index in [1.807, 2.05) is 0 Å². The highest BCUT2D eigenvalue weighted by Gasteiger charge is 2.27. The molecule has 0 radical (unpaired) electrons. The lowest BCUT2D eigenvalue weighted by Gasteiger charge is -2.14. The summed E-state index contributed by atoms with van der Waals surface area (Å²) in [6.45, 7) is 3.86. The summed E-state index contributed by atoms with van der Waals surface area (Å²) in [5, 5.41) is 10.8. The smallest absolute Gasteiger partial charge is 0.272 e. The average molecular weight is 220 g/mol. The highest BCUT2D eigenvalue weighted by atomic mass is 16.6. The number of carbonyl (C=O) groups is 1. The van der Waals surface area contributed by atoms with Crippen molar-refractivity contribution in [1.29, 1.82) is 0 Å². The quantitative estimate of drug-likeness (QED) is 0.535. The van der Waals surface area contributed by atoms with Crippen LogP contribution in [-0.2, 0) is 11.2 Å². The number of nitro groups is 1. The molecule has 0 unspecified atom stereocenters. The molecule has 5 nitrogen and oxygen atoms in total. The molecule has 0 N–H and O–H groups in total. The fourth-order valence-corrected chi connectivity index (χ4v) is 2.17. The lowest BCUT2D eigenvalue weighted by molar-refractivity contribution is -0.385. The molecule has 0 bridgehead atoms. The van der Waals surface area contributed by atoms with Gasteiger partial charge in [-0.25, -0.2) is 0 Å². The van der Waals surface area contributed by atoms with Crippen LogP contribution in [0.5, 0.6) is 0 Å². The van der Waals surface area contributed by atoms with Gasteiger partial charge >= 0.3 is 0 Å². The summed E-state index contributed by atoms with van der Waals surface area (Å²) in [4.78, 5) is 23.4. The molecule has 16 heavy (non-hydrogen) atoms. The van der Waals surface area contributed by atoms with Gasteiger partial charge in [0.05, 0.1) is 4.92 Å². The standard InChI is InChI=1S/C11H12N2O3/c1-7-9-5-6-12(8(2)14)11(9)4-3-10(7)13(15)16/h3-4H,5-6H2,1-2H3. The van der Waals surface area contributed by atoms with E-state index in [-0.39, 0.29) is 16.5 Å². The van der Waals surface area contributed by atoms with Crippen molar-refractivity contribution in [2.75, 3.05) is 11.4 Å². The normalized spacial score (nSPS) is 13.8. The van der Waals surface area contributed by atoms with Crippen LogP contribution in [0.4, 0.5) is 11.4 Å². The van der Waals surface area contributed by atoms with Crippen LogP contribution in [0.1, 0.15) is 18.1 Å². The predicted molar refractivity (Wildman–Crippen MR) is 59.6 cm³/mol. The number of hydrogen-bond donors (Lipinski definition) is 0. The topological polar surface area (TPSA) is 63.5 Å². The second-order valence-electron chi connectivity index (χ2n) is 3.89. The zero-order valence-electron chi connectivity index (χ0n) is 9.19. The molecule has 0 atom stereocenters. The van der Waals surface area contributed by atoms with Gasteiger partial charge in [-0.15, -0.1) is 0 Å². The van der Waals surface area contributed by atoms with E-state index >= 15 is 0 Å². The summed E-state index contributed by atoms with van der Waals surface area (Å²) in [5.41, 5.74) is 2.54. The maximum atomic E-state index is 11.3. The first-order valence-corrected chi connectivity index (χ1v) is 5.07. The van der Waals surface area contributed by atoms with E-state index < -0.39 is 0 Å². The summed E-state index contributed by atoms with van der Waals surface area (Å²) in [7, 11) is 0. The van der Waals surface area contributed by atoms with Crippen LogP contribution >= 0.6 is 0 Å². The largest absolute Gasteiger partial charge is 0.312 e. The van der Waals surface area contributed by atoms with E-state index in [4.69, 9.17) is 0 Å². The van der Waals surface area contributed by atoms with Gasteiger partial charge in [0.15, 0.2) is 0 Å². The first kappa shape index (κ1) is 10.6. The summed E-state index contributed by atoms with van der Waals surface area (Å²) >= 11 is 0. The number of anilines is 1. The third kappa shape index (κ3) is 1.44. The molecule has 0 aromatic heterocycles. The van der Waals surface area contributed by atoms with Crippen LogP contribution in [0.25, 0.3) is 0 Å². The van der Waals surface area contributed by atoms with Crippen molar-refractivity contribution in [3.8, 4) is 0 Å². The molecule has 84 valence electrons. The monoisotopic (exact) mass is 220 g/mol. The van der Waals surface area contributed by atoms with Crippen molar-refractivity contribution >= 4 is 17.3 Å². The first-order chi connectivity index (χ1) is 7.52. The van der Waals surface area contributed by atoms with Crippen LogP contribution in [0.3, 0.4) is 0 Å². The Morgan fingerprint density at radius 2 is 2.19 bits per heavy atom. The van der Waals surface area contributed by atoms with Gasteiger partial charge < -0.3 is 4.90 Å². The van der Waals surface area contributed by atoms with Gasteiger partial charge in [0, 0.05) is 30.8 Å². The van der Waals surface area contributed by atoms with Crippen molar-refractivity contribution in [3.63, 3.8) is 0 Å². The molecule has 5 heteroatoms. The molecular weight excluding hydrogens is 208 g/mol. The van der Waals surface area contributed by atoms with Crippen LogP contribution in [0.2, 0.25) is 0 Å². The van der Waals surface area contributed by atoms with E-state index in [1.54, 1.807) is 17.9 Å². The zero-order valence-corrected chi connectivity index (χ0v) is 9.19. The van der Waals surface area contributed by atoms with Gasteiger partial charge in [0.2, 0.25) is 5.91 Å². The molecule has 0 spiro atoms. The third-order valence-electron chi connectivity index (χ3n) is 3.00. The van der Waals surface area contributed by atoms with Crippen LogP contribution < -0.4 is 4.90 Å². The Morgan fingerprint density at radius 1 is 1.50 bits per heavy atom. The Kier molecular flexibility index (Phi) is 2.38. The number of hydrogen-bond acceptors (Lipinski definition) is 3. The second kappa shape index (κ2) is 3.59. The average Bonchev–Trinajstić information content (AvgIpc) is 2.61. The minimum Gasteiger partial charge on any atom is -0.312 e. The molecule has 0 saturated carbocycles. The Hall–Kier alpha value is -1.91. The van der Waals surface area contributed by atoms with Gasteiger partial charge in [-0.1, -0.05) is 0 Å². The summed E-state index contributed by atoms with van der Waals surface area (Å²) in [5.74, 6) is -0.0213. The lowest BCUT2D eigenvalue weighted by atomic mass is 10.0. The van der Waals surface area contributed by atoms with Crippen molar-refractivity contribution in [2.24, 2.45) is 0 Å². The van der Waals surface area contributed by atoms with E-state index in [1.165, 1.54) is 13.0 Å². The summed E-state index contributed by atoms with van der Waals surface area (Å²) in [6, 6.07) is 3.13. The highest BCUT2D eigenvalue weighted by Crippen LogP contribution is 2.35. The molecule has 1 heterocycles. The lowest BCUT2D eigenvalue weighted by Crippen LogP contribution is -2.25. The molecule has 1 amide bonds. The van der Waals surface area contributed by atoms with Gasteiger partial charge in [-0.2, -0.15) is 0 Å². The fraction of sp³-hybridized carbons (Fsp3) is 0.364. The number of nitro benzene ring substituents is 1. The number of nitrogens with zero attached hydrogens (tertiary/aromatic N) is 2. The molecule has 1 aromatic rings. The zero-order chi connectivity index (χ0) is 11.9. The molecule has 0 fully saturated rings. The van der Waals surface area contributed by atoms with Gasteiger partial charge in [0.1, 0.15) is 0 Å². The van der Waals surface area contributed by atoms with Crippen molar-refractivity contribution in [3.05, 3.63) is 33.4 Å². The maximum absolute atomic E-state index is 11.3. The van der Waals surface area contributed by atoms with Crippen molar-refractivity contribution in [2.45, 2.75) is 20.3 Å². The molecule has 1 aliphatic rings. The number of carbonyl (C=O) groups excluding carboxylic acids is 1. The van der Waals surface area contributed by atoms with Crippen LogP contribution in [0.15, 0.2) is 12.1 Å². The molecule has 2 rings (SSSR count). The Balaban J connectivity index is 2.54. The van der Waals surface area contributed by atoms with Crippen molar-refractivity contribution < 1.29 is 9.72 Å². The van der Waals surface area contributed by atoms with Crippen LogP contribution in [0, 0.1) is 17.0 Å². The van der Waals surface area contributed by atoms with E-state index in [0.29, 0.717) is 18.5 Å². The Bertz CT molecular complexity index is 482. The minimum absolute atomic E-state index is 0.0213. The van der Waals surface area contributed by atoms with E-state index in [0.717, 1.165) is 11.3 Å². The second-order valence-corrected chi connectivity index (χ2v) is 3.89. The van der Waals surface area contributed by atoms with Gasteiger partial charge in [-0.3, -0.25) is 14.9 Å². The molecular formula is C11H12N2O3. The van der Waals surface area contributed by atoms with E-state index in [9.17, 15) is 14.9 Å². The SMILES string of the molecule is CC(=O)N1CCc2c1ccc([N+](=O)[O-])c2C. The van der Waals surface area contributed by atoms with Gasteiger partial charge in [-0.05, 0) is 25.0 Å². The van der Waals surface area contributed by atoms with Crippen LogP contribution in [-0.4, -0.2) is 17.4 Å². The summed E-state index contributed by atoms with van der Waals surface area (Å²) < 4.78 is 0. The number of fused-ring (bicyclic) bond motifs is 1. The highest BCUT2D eigenvalue weighted by molar-refractivity contribution is 5.94. The molecule has 0 aliphatic carbocycles. The van der Waals surface area contributed by atoms with Crippen molar-refractivity contribution in [1.82, 2.24) is 0 Å². The first-order valence-electron chi connectivity index (χ1n) is 5.07. The van der Waals surface area contributed by atoms with Gasteiger partial charge in [0.25, 0.3) is 5.69 Å². The number of benzene rings is 1. The molecule has 0 saturated heterocycles. The number of rotatable bonds is 1. The fourth-order valence-electron chi connectivity index (χ4n) is 2.17. The molecule has 1 aliphatic heterocycles. The molecule has 1 aromatic carbocycles. The minimum atomic E-state index is -0.383. The number of amides is 1. The Labute approximate surface area is 92.8 Å². The summed E-state index contributed by atoms with van der Waals surface area (Å²) in [6.07, 6.45) is 0.697. The predicted octanol–water partition coefficient (Wildman–Crippen LogP) is 1.81.